The van der Waals surface area contributed by atoms with Crippen molar-refractivity contribution in [1.82, 2.24) is 14.8 Å². The molecule has 1 unspecified atom stereocenters. The molecule has 0 amide bonds. The first-order chi connectivity index (χ1) is 7.63. The number of nitrogens with two attached hydrogens (primary N) is 1. The predicted octanol–water partition coefficient (Wildman–Crippen LogP) is 0.133. The number of H-pyrrole nitrogens is 1. The highest BCUT2D eigenvalue weighted by Gasteiger charge is 2.29. The van der Waals surface area contributed by atoms with Crippen LogP contribution in [0.2, 0.25) is 0 Å². The summed E-state index contributed by atoms with van der Waals surface area (Å²) in [5, 5.41) is 18.2. The Morgan fingerprint density at radius 3 is 3.06 bits per heavy atom. The summed E-state index contributed by atoms with van der Waals surface area (Å²) in [6, 6.07) is 0.258. The molecule has 1 fully saturated rings. The molecule has 0 saturated heterocycles. The molecule has 2 rings (SSSR count). The number of hydrogen-bond donors (Lipinski definition) is 3. The standard InChI is InChI=1S/C8H13N5O2S/c1-4(6(9)12-15)16-8-11-10-7(14)13(8)5-2-3-5/h4-5,15H,2-3H2,1H3,(H2,9,12)(H,10,14). The number of nitrogens with zero attached hydrogens (tertiary/aromatic N) is 3. The maximum atomic E-state index is 11.5. The third-order valence-corrected chi connectivity index (χ3v) is 3.49. The maximum absolute atomic E-state index is 11.5. The lowest BCUT2D eigenvalue weighted by Crippen LogP contribution is -2.24. The molecule has 0 aliphatic heterocycles. The number of rotatable bonds is 4. The molecule has 8 heteroatoms. The molecule has 0 bridgehead atoms. The fourth-order valence-electron chi connectivity index (χ4n) is 1.33. The van der Waals surface area contributed by atoms with Crippen LogP contribution in [0.4, 0.5) is 0 Å². The Balaban J connectivity index is 2.18. The molecule has 7 nitrogen and oxygen atoms in total. The van der Waals surface area contributed by atoms with Gasteiger partial charge in [-0.2, -0.15) is 0 Å². The maximum Gasteiger partial charge on any atom is 0.344 e. The van der Waals surface area contributed by atoms with E-state index in [1.165, 1.54) is 11.8 Å². The topological polar surface area (TPSA) is 109 Å². The number of nitrogens with one attached hydrogen (secondary N) is 1. The quantitative estimate of drug-likeness (QED) is 0.229. The number of aromatic nitrogens is 3. The van der Waals surface area contributed by atoms with E-state index in [0.717, 1.165) is 12.8 Å². The van der Waals surface area contributed by atoms with Crippen LogP contribution in [0.25, 0.3) is 0 Å². The van der Waals surface area contributed by atoms with E-state index < -0.39 is 0 Å². The van der Waals surface area contributed by atoms with Gasteiger partial charge in [-0.15, -0.1) is 5.10 Å². The molecule has 1 atom stereocenters. The first-order valence-electron chi connectivity index (χ1n) is 4.94. The summed E-state index contributed by atoms with van der Waals surface area (Å²) < 4.78 is 1.63. The summed E-state index contributed by atoms with van der Waals surface area (Å²) in [5.41, 5.74) is 5.27. The van der Waals surface area contributed by atoms with Crippen LogP contribution in [0.3, 0.4) is 0 Å². The number of oxime groups is 1. The van der Waals surface area contributed by atoms with Crippen molar-refractivity contribution in [3.8, 4) is 0 Å². The van der Waals surface area contributed by atoms with Crippen molar-refractivity contribution in [3.63, 3.8) is 0 Å². The Bertz CT molecular complexity index is 461. The zero-order valence-corrected chi connectivity index (χ0v) is 9.57. The van der Waals surface area contributed by atoms with E-state index in [4.69, 9.17) is 10.9 Å². The summed E-state index contributed by atoms with van der Waals surface area (Å²) >= 11 is 1.30. The molecule has 0 radical (unpaired) electrons. The first kappa shape index (κ1) is 11.1. The molecule has 0 aromatic carbocycles. The van der Waals surface area contributed by atoms with Crippen molar-refractivity contribution in [2.24, 2.45) is 10.9 Å². The van der Waals surface area contributed by atoms with Crippen LogP contribution < -0.4 is 11.4 Å². The fourth-order valence-corrected chi connectivity index (χ4v) is 2.26. The van der Waals surface area contributed by atoms with E-state index in [-0.39, 0.29) is 22.8 Å². The van der Waals surface area contributed by atoms with Crippen molar-refractivity contribution in [3.05, 3.63) is 10.5 Å². The first-order valence-corrected chi connectivity index (χ1v) is 5.82. The molecule has 1 aromatic rings. The van der Waals surface area contributed by atoms with Gasteiger partial charge in [-0.1, -0.05) is 16.9 Å². The molecule has 16 heavy (non-hydrogen) atoms. The van der Waals surface area contributed by atoms with Gasteiger partial charge in [-0.25, -0.2) is 9.89 Å². The second kappa shape index (κ2) is 4.20. The van der Waals surface area contributed by atoms with Crippen molar-refractivity contribution in [1.29, 1.82) is 0 Å². The Labute approximate surface area is 95.7 Å². The number of thioether (sulfide) groups is 1. The van der Waals surface area contributed by atoms with E-state index in [9.17, 15) is 4.79 Å². The van der Waals surface area contributed by atoms with E-state index in [0.29, 0.717) is 5.16 Å². The summed E-state index contributed by atoms with van der Waals surface area (Å²) in [4.78, 5) is 11.5. The number of amidine groups is 1. The van der Waals surface area contributed by atoms with Crippen molar-refractivity contribution < 1.29 is 5.21 Å². The molecular formula is C8H13N5O2S. The van der Waals surface area contributed by atoms with Gasteiger partial charge in [0.05, 0.1) is 5.25 Å². The van der Waals surface area contributed by atoms with Crippen LogP contribution in [-0.2, 0) is 0 Å². The molecule has 4 N–H and O–H groups in total. The van der Waals surface area contributed by atoms with E-state index >= 15 is 0 Å². The lowest BCUT2D eigenvalue weighted by Gasteiger charge is -2.08. The zero-order chi connectivity index (χ0) is 11.7. The van der Waals surface area contributed by atoms with Gasteiger partial charge in [-0.05, 0) is 19.8 Å². The molecule has 1 heterocycles. The van der Waals surface area contributed by atoms with Gasteiger partial charge < -0.3 is 10.9 Å². The average Bonchev–Trinajstić information content (AvgIpc) is 3.04. The highest BCUT2D eigenvalue weighted by molar-refractivity contribution is 8.00. The van der Waals surface area contributed by atoms with Gasteiger partial charge in [0.2, 0.25) is 0 Å². The lowest BCUT2D eigenvalue weighted by atomic mass is 10.4. The number of aromatic amines is 1. The SMILES string of the molecule is CC(Sc1n[nH]c(=O)n1C1CC1)C(N)=NO. The minimum atomic E-state index is -0.224. The molecular weight excluding hydrogens is 230 g/mol. The van der Waals surface area contributed by atoms with Crippen LogP contribution in [0.15, 0.2) is 15.1 Å². The van der Waals surface area contributed by atoms with Crippen LogP contribution in [0.1, 0.15) is 25.8 Å². The van der Waals surface area contributed by atoms with Crippen LogP contribution >= 0.6 is 11.8 Å². The monoisotopic (exact) mass is 243 g/mol. The molecule has 0 spiro atoms. The predicted molar refractivity (Wildman–Crippen MR) is 59.8 cm³/mol. The summed E-state index contributed by atoms with van der Waals surface area (Å²) in [7, 11) is 0. The molecule has 1 aromatic heterocycles. The van der Waals surface area contributed by atoms with Crippen LogP contribution in [0, 0.1) is 0 Å². The van der Waals surface area contributed by atoms with Crippen molar-refractivity contribution in [2.45, 2.75) is 36.2 Å². The Hall–Kier alpha value is -1.44. The van der Waals surface area contributed by atoms with Gasteiger partial charge in [0.25, 0.3) is 0 Å². The van der Waals surface area contributed by atoms with Crippen LogP contribution in [0.5, 0.6) is 0 Å². The minimum Gasteiger partial charge on any atom is -0.409 e. The third kappa shape index (κ3) is 2.06. The van der Waals surface area contributed by atoms with E-state index in [2.05, 4.69) is 15.4 Å². The minimum absolute atomic E-state index is 0.114. The van der Waals surface area contributed by atoms with Gasteiger partial charge in [0, 0.05) is 6.04 Å². The van der Waals surface area contributed by atoms with Crippen molar-refractivity contribution in [2.75, 3.05) is 0 Å². The van der Waals surface area contributed by atoms with Gasteiger partial charge in [-0.3, -0.25) is 4.57 Å². The third-order valence-electron chi connectivity index (χ3n) is 2.40. The Morgan fingerprint density at radius 1 is 1.81 bits per heavy atom. The second-order valence-electron chi connectivity index (χ2n) is 3.70. The summed E-state index contributed by atoms with van der Waals surface area (Å²) in [6.45, 7) is 1.79. The Kier molecular flexibility index (Phi) is 2.90. The zero-order valence-electron chi connectivity index (χ0n) is 8.75. The highest BCUT2D eigenvalue weighted by atomic mass is 32.2. The fraction of sp³-hybridized carbons (Fsp3) is 0.625. The Morgan fingerprint density at radius 2 is 2.50 bits per heavy atom. The highest BCUT2D eigenvalue weighted by Crippen LogP contribution is 2.36. The summed E-state index contributed by atoms with van der Waals surface area (Å²) in [6.07, 6.45) is 2.01. The lowest BCUT2D eigenvalue weighted by molar-refractivity contribution is 0.317. The van der Waals surface area contributed by atoms with E-state index in [1.54, 1.807) is 11.5 Å². The van der Waals surface area contributed by atoms with Gasteiger partial charge in [0.15, 0.2) is 11.0 Å². The largest absolute Gasteiger partial charge is 0.409 e. The van der Waals surface area contributed by atoms with Crippen LogP contribution in [-0.4, -0.2) is 31.1 Å². The second-order valence-corrected chi connectivity index (χ2v) is 5.01. The smallest absolute Gasteiger partial charge is 0.344 e. The molecule has 1 aliphatic rings. The average molecular weight is 243 g/mol. The van der Waals surface area contributed by atoms with Gasteiger partial charge in [0.1, 0.15) is 0 Å². The molecule has 1 aliphatic carbocycles. The normalized spacial score (nSPS) is 18.7. The van der Waals surface area contributed by atoms with E-state index in [1.807, 2.05) is 0 Å². The van der Waals surface area contributed by atoms with Crippen molar-refractivity contribution >= 4 is 17.6 Å². The van der Waals surface area contributed by atoms with Gasteiger partial charge >= 0.3 is 5.69 Å². The number of hydrogen-bond acceptors (Lipinski definition) is 5. The molecule has 88 valence electrons. The molecule has 1 saturated carbocycles. The summed E-state index contributed by atoms with van der Waals surface area (Å²) in [5.74, 6) is 0.114.